The number of aryl methyl sites for hydroxylation is 1. The first-order chi connectivity index (χ1) is 16.1. The molecule has 4 heterocycles. The smallest absolute Gasteiger partial charge is 0.278 e. The summed E-state index contributed by atoms with van der Waals surface area (Å²) in [6.45, 7) is 5.50. The Morgan fingerprint density at radius 1 is 1.18 bits per heavy atom. The van der Waals surface area contributed by atoms with E-state index in [0.717, 1.165) is 30.1 Å². The molecule has 0 aliphatic carbocycles. The number of carbonyl (C=O) groups excluding carboxylic acids is 1. The van der Waals surface area contributed by atoms with Gasteiger partial charge in [-0.15, -0.1) is 0 Å². The van der Waals surface area contributed by atoms with Gasteiger partial charge in [0.15, 0.2) is 0 Å². The van der Waals surface area contributed by atoms with Gasteiger partial charge in [0.1, 0.15) is 17.3 Å². The van der Waals surface area contributed by atoms with Crippen LogP contribution in [0.1, 0.15) is 45.5 Å². The zero-order valence-electron chi connectivity index (χ0n) is 18.5. The minimum atomic E-state index is -0.425. The van der Waals surface area contributed by atoms with Crippen molar-refractivity contribution in [3.8, 4) is 5.75 Å². The van der Waals surface area contributed by atoms with Crippen molar-refractivity contribution in [3.05, 3.63) is 83.1 Å². The monoisotopic (exact) mass is 446 g/mol. The minimum Gasteiger partial charge on any atom is -0.508 e. The number of aromatic hydroxyl groups is 1. The molecule has 0 spiro atoms. The Hall–Kier alpha value is -3.49. The number of hydrazone groups is 1. The van der Waals surface area contributed by atoms with Crippen LogP contribution in [-0.4, -0.2) is 57.9 Å². The third kappa shape index (κ3) is 4.40. The fourth-order valence-electron chi connectivity index (χ4n) is 4.35. The van der Waals surface area contributed by atoms with Crippen molar-refractivity contribution < 1.29 is 19.1 Å². The zero-order chi connectivity index (χ0) is 22.8. The minimum absolute atomic E-state index is 0.139. The lowest BCUT2D eigenvalue weighted by molar-refractivity contribution is 0.0312. The average Bonchev–Trinajstić information content (AvgIpc) is 3.44. The molecule has 0 radical (unpaired) electrons. The molecule has 170 valence electrons. The molecule has 0 saturated carbocycles. The molecule has 3 aromatic rings. The maximum atomic E-state index is 13.7. The first-order valence-electron chi connectivity index (χ1n) is 11.1. The Kier molecular flexibility index (Phi) is 5.93. The van der Waals surface area contributed by atoms with E-state index in [2.05, 4.69) is 15.0 Å². The molecular formula is C25H26N4O4. The number of hydrogen-bond donors (Lipinski definition) is 1. The number of nitrogens with zero attached hydrogens (tertiary/aromatic N) is 4. The highest BCUT2D eigenvalue weighted by Gasteiger charge is 2.36. The second-order valence-electron chi connectivity index (χ2n) is 8.29. The van der Waals surface area contributed by atoms with Crippen LogP contribution < -0.4 is 0 Å². The maximum absolute atomic E-state index is 13.7. The Labute approximate surface area is 192 Å². The van der Waals surface area contributed by atoms with Crippen LogP contribution in [-0.2, 0) is 11.3 Å². The first-order valence-corrected chi connectivity index (χ1v) is 11.1. The van der Waals surface area contributed by atoms with E-state index >= 15 is 0 Å². The lowest BCUT2D eigenvalue weighted by Gasteiger charge is -2.25. The summed E-state index contributed by atoms with van der Waals surface area (Å²) < 4.78 is 11.3. The van der Waals surface area contributed by atoms with E-state index in [-0.39, 0.29) is 11.7 Å². The molecule has 2 aromatic heterocycles. The van der Waals surface area contributed by atoms with Crippen molar-refractivity contribution in [2.45, 2.75) is 25.9 Å². The summed E-state index contributed by atoms with van der Waals surface area (Å²) in [5.74, 6) is 1.19. The number of phenols is 1. The number of carbonyl (C=O) groups is 1. The van der Waals surface area contributed by atoms with Crippen molar-refractivity contribution in [1.82, 2.24) is 14.9 Å². The molecule has 5 rings (SSSR count). The van der Waals surface area contributed by atoms with Gasteiger partial charge in [0.2, 0.25) is 0 Å². The Bertz CT molecular complexity index is 1170. The molecule has 1 unspecified atom stereocenters. The molecule has 2 aliphatic heterocycles. The fourth-order valence-corrected chi connectivity index (χ4v) is 4.35. The van der Waals surface area contributed by atoms with Crippen molar-refractivity contribution in [3.63, 3.8) is 0 Å². The Balaban J connectivity index is 1.46. The van der Waals surface area contributed by atoms with Gasteiger partial charge in [-0.1, -0.05) is 24.3 Å². The van der Waals surface area contributed by atoms with E-state index in [0.29, 0.717) is 43.1 Å². The zero-order valence-corrected chi connectivity index (χ0v) is 18.5. The molecular weight excluding hydrogens is 420 g/mol. The van der Waals surface area contributed by atoms with E-state index in [1.165, 1.54) is 5.01 Å². The highest BCUT2D eigenvalue weighted by molar-refractivity contribution is 6.05. The lowest BCUT2D eigenvalue weighted by atomic mass is 9.98. The number of benzene rings is 1. The van der Waals surface area contributed by atoms with Gasteiger partial charge in [-0.2, -0.15) is 5.10 Å². The van der Waals surface area contributed by atoms with Crippen LogP contribution in [0.25, 0.3) is 0 Å². The predicted octanol–water partition coefficient (Wildman–Crippen LogP) is 3.51. The normalized spacial score (nSPS) is 19.0. The molecule has 1 N–H and O–H groups in total. The van der Waals surface area contributed by atoms with Gasteiger partial charge >= 0.3 is 0 Å². The summed E-state index contributed by atoms with van der Waals surface area (Å²) in [6.07, 6.45) is 3.91. The van der Waals surface area contributed by atoms with E-state index in [4.69, 9.17) is 9.15 Å². The number of aromatic nitrogens is 1. The van der Waals surface area contributed by atoms with E-state index < -0.39 is 6.04 Å². The molecule has 1 aromatic carbocycles. The van der Waals surface area contributed by atoms with Crippen molar-refractivity contribution in [1.29, 1.82) is 0 Å². The van der Waals surface area contributed by atoms with E-state index in [1.54, 1.807) is 31.5 Å². The van der Waals surface area contributed by atoms with Crippen LogP contribution >= 0.6 is 0 Å². The summed E-state index contributed by atoms with van der Waals surface area (Å²) >= 11 is 0. The van der Waals surface area contributed by atoms with Crippen LogP contribution in [0.2, 0.25) is 0 Å². The molecule has 1 saturated heterocycles. The van der Waals surface area contributed by atoms with Gasteiger partial charge in [0.25, 0.3) is 5.91 Å². The van der Waals surface area contributed by atoms with Crippen LogP contribution in [0, 0.1) is 6.92 Å². The van der Waals surface area contributed by atoms with Crippen molar-refractivity contribution in [2.75, 3.05) is 26.3 Å². The number of rotatable bonds is 5. The van der Waals surface area contributed by atoms with Crippen LogP contribution in [0.5, 0.6) is 5.75 Å². The molecule has 1 amide bonds. The van der Waals surface area contributed by atoms with Crippen molar-refractivity contribution in [2.24, 2.45) is 5.10 Å². The standard InChI is InChI=1S/C25H26N4O4/c1-17-21(13-19(33-17)16-28-9-11-32-12-10-28)25(31)29-23(20-6-2-3-7-24(20)30)14-22(27-29)18-5-4-8-26-15-18/h2-8,13,15,23,30H,9-12,14,16H2,1H3. The number of amides is 1. The number of hydrogen-bond acceptors (Lipinski definition) is 7. The third-order valence-electron chi connectivity index (χ3n) is 6.09. The van der Waals surface area contributed by atoms with Crippen LogP contribution in [0.3, 0.4) is 0 Å². The number of para-hydroxylation sites is 1. The molecule has 8 heteroatoms. The SMILES string of the molecule is Cc1oc(CN2CCOCC2)cc1C(=O)N1N=C(c2cccnc2)CC1c1ccccc1O. The highest BCUT2D eigenvalue weighted by Crippen LogP contribution is 2.38. The molecule has 8 nitrogen and oxygen atoms in total. The number of furan rings is 1. The second-order valence-corrected chi connectivity index (χ2v) is 8.29. The number of ether oxygens (including phenoxy) is 1. The molecule has 1 fully saturated rings. The van der Waals surface area contributed by atoms with Crippen LogP contribution in [0.4, 0.5) is 0 Å². The molecule has 1 atom stereocenters. The average molecular weight is 447 g/mol. The summed E-state index contributed by atoms with van der Waals surface area (Å²) in [5, 5.41) is 16.6. The fraction of sp³-hybridized carbons (Fsp3) is 0.320. The second kappa shape index (κ2) is 9.17. The quantitative estimate of drug-likeness (QED) is 0.645. The first kappa shape index (κ1) is 21.4. The number of phenolic OH excluding ortho intramolecular Hbond substituents is 1. The third-order valence-corrected chi connectivity index (χ3v) is 6.09. The van der Waals surface area contributed by atoms with E-state index in [1.807, 2.05) is 30.3 Å². The summed E-state index contributed by atoms with van der Waals surface area (Å²) in [4.78, 5) is 20.1. The predicted molar refractivity (Wildman–Crippen MR) is 122 cm³/mol. The Morgan fingerprint density at radius 2 is 2.00 bits per heavy atom. The summed E-state index contributed by atoms with van der Waals surface area (Å²) in [5.41, 5.74) is 2.74. The number of pyridine rings is 1. The van der Waals surface area contributed by atoms with Gasteiger partial charge in [0, 0.05) is 43.0 Å². The van der Waals surface area contributed by atoms with Gasteiger partial charge in [-0.25, -0.2) is 5.01 Å². The van der Waals surface area contributed by atoms with Gasteiger partial charge in [0.05, 0.1) is 37.1 Å². The number of morpholine rings is 1. The topological polar surface area (TPSA) is 91.4 Å². The van der Waals surface area contributed by atoms with Gasteiger partial charge < -0.3 is 14.3 Å². The molecule has 0 bridgehead atoms. The van der Waals surface area contributed by atoms with Crippen molar-refractivity contribution >= 4 is 11.6 Å². The van der Waals surface area contributed by atoms with Gasteiger partial charge in [-0.05, 0) is 25.1 Å². The largest absolute Gasteiger partial charge is 0.508 e. The summed E-state index contributed by atoms with van der Waals surface area (Å²) in [7, 11) is 0. The molecule has 2 aliphatic rings. The van der Waals surface area contributed by atoms with Crippen LogP contribution in [0.15, 0.2) is 64.4 Å². The lowest BCUT2D eigenvalue weighted by Crippen LogP contribution is -2.35. The highest BCUT2D eigenvalue weighted by atomic mass is 16.5. The molecule has 33 heavy (non-hydrogen) atoms. The Morgan fingerprint density at radius 3 is 2.76 bits per heavy atom. The van der Waals surface area contributed by atoms with E-state index in [9.17, 15) is 9.90 Å². The summed E-state index contributed by atoms with van der Waals surface area (Å²) in [6, 6.07) is 12.2. The maximum Gasteiger partial charge on any atom is 0.278 e. The van der Waals surface area contributed by atoms with Gasteiger partial charge in [-0.3, -0.25) is 14.7 Å².